The van der Waals surface area contributed by atoms with E-state index in [-0.39, 0.29) is 0 Å². The molecule has 0 aliphatic heterocycles. The molecular formula is C12H13N5OS2. The van der Waals surface area contributed by atoms with E-state index in [9.17, 15) is 0 Å². The molecule has 0 unspecified atom stereocenters. The van der Waals surface area contributed by atoms with Crippen LogP contribution in [-0.2, 0) is 0 Å². The van der Waals surface area contributed by atoms with Crippen molar-refractivity contribution in [3.8, 4) is 0 Å². The van der Waals surface area contributed by atoms with Gasteiger partial charge in [-0.2, -0.15) is 0 Å². The van der Waals surface area contributed by atoms with Gasteiger partial charge in [-0.3, -0.25) is 0 Å². The summed E-state index contributed by atoms with van der Waals surface area (Å²) in [4.78, 5) is 11.2. The van der Waals surface area contributed by atoms with Gasteiger partial charge in [0.15, 0.2) is 0 Å². The van der Waals surface area contributed by atoms with E-state index in [4.69, 9.17) is 4.42 Å². The third kappa shape index (κ3) is 2.61. The number of anilines is 1. The summed E-state index contributed by atoms with van der Waals surface area (Å²) >= 11 is 3.02. The average molecular weight is 307 g/mol. The lowest BCUT2D eigenvalue weighted by atomic mass is 10.4. The Hall–Kier alpha value is -1.67. The van der Waals surface area contributed by atoms with Crippen molar-refractivity contribution < 1.29 is 4.42 Å². The van der Waals surface area contributed by atoms with E-state index < -0.39 is 0 Å². The van der Waals surface area contributed by atoms with Gasteiger partial charge < -0.3 is 9.73 Å². The zero-order valence-corrected chi connectivity index (χ0v) is 12.9. The second-order valence-corrected chi connectivity index (χ2v) is 6.32. The summed E-state index contributed by atoms with van der Waals surface area (Å²) in [5, 5.41) is 13.3. The molecule has 0 aliphatic carbocycles. The first-order chi connectivity index (χ1) is 9.65. The van der Waals surface area contributed by atoms with Crippen molar-refractivity contribution >= 4 is 39.3 Å². The average Bonchev–Trinajstić information content (AvgIpc) is 2.95. The molecule has 8 heteroatoms. The van der Waals surface area contributed by atoms with Crippen molar-refractivity contribution in [2.45, 2.75) is 31.0 Å². The minimum Gasteiger partial charge on any atom is -0.416 e. The standard InChI is InChI=1S/C12H13N5OS2/c1-4-13-11-14-9-8(5-6(2)19-9)10(15-11)20-12-17-16-7(3)18-12/h5H,4H2,1-3H3,(H,13,14,15). The number of fused-ring (bicyclic) bond motifs is 1. The molecule has 1 N–H and O–H groups in total. The van der Waals surface area contributed by atoms with Gasteiger partial charge in [0.05, 0.1) is 0 Å². The molecule has 0 atom stereocenters. The molecule has 0 saturated heterocycles. The van der Waals surface area contributed by atoms with Crippen LogP contribution >= 0.6 is 23.1 Å². The van der Waals surface area contributed by atoms with E-state index in [1.54, 1.807) is 18.3 Å². The number of thiophene rings is 1. The summed E-state index contributed by atoms with van der Waals surface area (Å²) in [7, 11) is 0. The predicted octanol–water partition coefficient (Wildman–Crippen LogP) is 3.27. The maximum atomic E-state index is 5.41. The molecule has 3 rings (SSSR count). The van der Waals surface area contributed by atoms with Gasteiger partial charge >= 0.3 is 0 Å². The van der Waals surface area contributed by atoms with Gasteiger partial charge in [0.1, 0.15) is 9.86 Å². The molecule has 3 aromatic heterocycles. The fourth-order valence-electron chi connectivity index (χ4n) is 1.73. The van der Waals surface area contributed by atoms with E-state index >= 15 is 0 Å². The summed E-state index contributed by atoms with van der Waals surface area (Å²) in [6, 6.07) is 2.08. The molecule has 0 saturated carbocycles. The Balaban J connectivity index is 2.06. The van der Waals surface area contributed by atoms with Crippen LogP contribution in [0.2, 0.25) is 0 Å². The van der Waals surface area contributed by atoms with Crippen molar-refractivity contribution in [1.82, 2.24) is 20.2 Å². The van der Waals surface area contributed by atoms with E-state index in [1.807, 2.05) is 6.92 Å². The molecule has 0 aliphatic rings. The van der Waals surface area contributed by atoms with Crippen molar-refractivity contribution in [2.75, 3.05) is 11.9 Å². The number of nitrogens with one attached hydrogen (secondary N) is 1. The summed E-state index contributed by atoms with van der Waals surface area (Å²) in [5.74, 6) is 1.17. The molecule has 0 aromatic carbocycles. The highest BCUT2D eigenvalue weighted by Crippen LogP contribution is 2.35. The minimum atomic E-state index is 0.494. The zero-order chi connectivity index (χ0) is 14.1. The second kappa shape index (κ2) is 5.37. The maximum absolute atomic E-state index is 5.41. The molecule has 0 amide bonds. The van der Waals surface area contributed by atoms with Crippen molar-refractivity contribution in [2.24, 2.45) is 0 Å². The monoisotopic (exact) mass is 307 g/mol. The first kappa shape index (κ1) is 13.3. The Bertz CT molecular complexity index is 751. The molecule has 0 radical (unpaired) electrons. The van der Waals surface area contributed by atoms with Crippen LogP contribution in [0, 0.1) is 13.8 Å². The number of nitrogens with zero attached hydrogens (tertiary/aromatic N) is 4. The summed E-state index contributed by atoms with van der Waals surface area (Å²) in [5.41, 5.74) is 0. The topological polar surface area (TPSA) is 76.7 Å². The molecule has 3 heterocycles. The fourth-order valence-corrected chi connectivity index (χ4v) is 3.48. The Labute approximate surface area is 124 Å². The molecule has 0 spiro atoms. The number of rotatable bonds is 4. The van der Waals surface area contributed by atoms with Gasteiger partial charge in [-0.25, -0.2) is 9.97 Å². The van der Waals surface area contributed by atoms with Gasteiger partial charge in [0.25, 0.3) is 5.22 Å². The number of hydrogen-bond donors (Lipinski definition) is 1. The Morgan fingerprint density at radius 3 is 2.85 bits per heavy atom. The van der Waals surface area contributed by atoms with Crippen LogP contribution in [0.4, 0.5) is 5.95 Å². The molecule has 0 bridgehead atoms. The summed E-state index contributed by atoms with van der Waals surface area (Å²) in [6.45, 7) is 6.62. The van der Waals surface area contributed by atoms with Crippen LogP contribution in [0.5, 0.6) is 0 Å². The number of aryl methyl sites for hydroxylation is 2. The van der Waals surface area contributed by atoms with E-state index in [1.165, 1.54) is 16.6 Å². The molecule has 3 aromatic rings. The molecular weight excluding hydrogens is 294 g/mol. The number of aromatic nitrogens is 4. The van der Waals surface area contributed by atoms with Gasteiger partial charge in [-0.15, -0.1) is 21.5 Å². The van der Waals surface area contributed by atoms with Crippen LogP contribution < -0.4 is 5.32 Å². The fraction of sp³-hybridized carbons (Fsp3) is 0.333. The minimum absolute atomic E-state index is 0.494. The third-order valence-electron chi connectivity index (χ3n) is 2.51. The SMILES string of the molecule is CCNc1nc(Sc2nnc(C)o2)c2cc(C)sc2n1. The summed E-state index contributed by atoms with van der Waals surface area (Å²) < 4.78 is 5.41. The van der Waals surface area contributed by atoms with Crippen LogP contribution in [-0.4, -0.2) is 26.7 Å². The molecule has 20 heavy (non-hydrogen) atoms. The number of hydrogen-bond acceptors (Lipinski definition) is 8. The highest BCUT2D eigenvalue weighted by atomic mass is 32.2. The van der Waals surface area contributed by atoms with Crippen molar-refractivity contribution in [3.05, 3.63) is 16.8 Å². The van der Waals surface area contributed by atoms with Gasteiger partial charge in [-0.05, 0) is 31.7 Å². The highest BCUT2D eigenvalue weighted by molar-refractivity contribution is 7.99. The predicted molar refractivity (Wildman–Crippen MR) is 79.5 cm³/mol. The lowest BCUT2D eigenvalue weighted by molar-refractivity contribution is 0.429. The van der Waals surface area contributed by atoms with Gasteiger partial charge in [0, 0.05) is 23.7 Å². The van der Waals surface area contributed by atoms with E-state index in [0.29, 0.717) is 17.1 Å². The maximum Gasteiger partial charge on any atom is 0.282 e. The first-order valence-electron chi connectivity index (χ1n) is 6.15. The van der Waals surface area contributed by atoms with Gasteiger partial charge in [0.2, 0.25) is 11.8 Å². The Kier molecular flexibility index (Phi) is 3.58. The van der Waals surface area contributed by atoms with Crippen molar-refractivity contribution in [1.29, 1.82) is 0 Å². The highest BCUT2D eigenvalue weighted by Gasteiger charge is 2.14. The second-order valence-electron chi connectivity index (χ2n) is 4.15. The molecule has 6 nitrogen and oxygen atoms in total. The lowest BCUT2D eigenvalue weighted by Gasteiger charge is -2.04. The first-order valence-corrected chi connectivity index (χ1v) is 7.79. The zero-order valence-electron chi connectivity index (χ0n) is 11.3. The Morgan fingerprint density at radius 1 is 1.30 bits per heavy atom. The van der Waals surface area contributed by atoms with Gasteiger partial charge in [-0.1, -0.05) is 0 Å². The smallest absolute Gasteiger partial charge is 0.282 e. The lowest BCUT2D eigenvalue weighted by Crippen LogP contribution is -2.02. The van der Waals surface area contributed by atoms with Crippen molar-refractivity contribution in [3.63, 3.8) is 0 Å². The van der Waals surface area contributed by atoms with Crippen LogP contribution in [0.1, 0.15) is 17.7 Å². The van der Waals surface area contributed by atoms with E-state index in [0.717, 1.165) is 21.8 Å². The van der Waals surface area contributed by atoms with E-state index in [2.05, 4.69) is 38.5 Å². The largest absolute Gasteiger partial charge is 0.416 e. The van der Waals surface area contributed by atoms with Crippen LogP contribution in [0.3, 0.4) is 0 Å². The molecule has 0 fully saturated rings. The molecule has 104 valence electrons. The summed E-state index contributed by atoms with van der Waals surface area (Å²) in [6.07, 6.45) is 0. The quantitative estimate of drug-likeness (QED) is 0.741. The third-order valence-corrected chi connectivity index (χ3v) is 4.30. The Morgan fingerprint density at radius 2 is 2.15 bits per heavy atom. The normalized spacial score (nSPS) is 11.2. The van der Waals surface area contributed by atoms with Crippen LogP contribution in [0.25, 0.3) is 10.2 Å². The van der Waals surface area contributed by atoms with Crippen LogP contribution in [0.15, 0.2) is 20.7 Å².